The number of likely N-dealkylation sites (N-methyl/N-ethyl adjacent to an activating group) is 1. The first-order valence-electron chi connectivity index (χ1n) is 13.7. The molecule has 1 amide bonds. The van der Waals surface area contributed by atoms with Crippen LogP contribution in [0.25, 0.3) is 11.3 Å². The van der Waals surface area contributed by atoms with Gasteiger partial charge in [0, 0.05) is 74.6 Å². The predicted octanol–water partition coefficient (Wildman–Crippen LogP) is 3.07. The Balaban J connectivity index is 1.13. The van der Waals surface area contributed by atoms with E-state index in [0.717, 1.165) is 49.7 Å². The van der Waals surface area contributed by atoms with Gasteiger partial charge in [0.05, 0.1) is 6.54 Å². The number of piperazine rings is 1. The van der Waals surface area contributed by atoms with E-state index in [2.05, 4.69) is 58.1 Å². The second-order valence-electron chi connectivity index (χ2n) is 10.4. The number of carbonyl (C=O) groups excluding carboxylic acids is 1. The van der Waals surface area contributed by atoms with Crippen LogP contribution in [0.4, 0.5) is 17.6 Å². The molecule has 1 aliphatic heterocycles. The molecule has 12 nitrogen and oxygen atoms in total. The molecule has 0 unspecified atom stereocenters. The highest BCUT2D eigenvalue weighted by Gasteiger charge is 2.25. The van der Waals surface area contributed by atoms with Gasteiger partial charge in [0.25, 0.3) is 5.91 Å². The van der Waals surface area contributed by atoms with Gasteiger partial charge in [-0.1, -0.05) is 35.5 Å². The maximum Gasteiger partial charge on any atom is 0.270 e. The highest BCUT2D eigenvalue weighted by atomic mass is 16.5. The number of hydrogen-bond acceptors (Lipinski definition) is 10. The van der Waals surface area contributed by atoms with Crippen molar-refractivity contribution in [3.8, 4) is 11.3 Å². The number of amides is 1. The zero-order valence-electron chi connectivity index (χ0n) is 22.6. The summed E-state index contributed by atoms with van der Waals surface area (Å²) < 4.78 is 5.51. The van der Waals surface area contributed by atoms with Gasteiger partial charge in [-0.3, -0.25) is 14.8 Å². The molecule has 12 heteroatoms. The third-order valence-electron chi connectivity index (χ3n) is 7.19. The lowest BCUT2D eigenvalue weighted by Gasteiger charge is -2.32. The number of aromatic nitrogens is 5. The molecule has 1 saturated carbocycles. The van der Waals surface area contributed by atoms with Gasteiger partial charge < -0.3 is 25.4 Å². The van der Waals surface area contributed by atoms with Gasteiger partial charge >= 0.3 is 0 Å². The fraction of sp³-hybridized carbons (Fsp3) is 0.393. The van der Waals surface area contributed by atoms with E-state index in [1.54, 1.807) is 6.07 Å². The number of hydrogen-bond donors (Lipinski definition) is 4. The average molecular weight is 543 g/mol. The van der Waals surface area contributed by atoms with Crippen LogP contribution in [0.1, 0.15) is 40.7 Å². The fourth-order valence-electron chi connectivity index (χ4n) is 4.64. The van der Waals surface area contributed by atoms with Crippen LogP contribution in [0.2, 0.25) is 0 Å². The molecule has 4 heterocycles. The SMILES string of the molecule is CN1CCN(CCNC(=O)c2cc(Nc3cc(C4CC4)[nH]n3)nc(NCc3cc(-c4ccccc4)no3)n2)CC1. The molecule has 0 bridgehead atoms. The van der Waals surface area contributed by atoms with Crippen molar-refractivity contribution in [3.05, 3.63) is 65.7 Å². The summed E-state index contributed by atoms with van der Waals surface area (Å²) in [6.07, 6.45) is 2.35. The lowest BCUT2D eigenvalue weighted by atomic mass is 10.1. The Labute approximate surface area is 232 Å². The molecule has 4 aromatic rings. The summed E-state index contributed by atoms with van der Waals surface area (Å²) in [5, 5.41) is 21.0. The molecule has 1 aromatic carbocycles. The summed E-state index contributed by atoms with van der Waals surface area (Å²) >= 11 is 0. The van der Waals surface area contributed by atoms with Gasteiger partial charge in [-0.15, -0.1) is 0 Å². The Morgan fingerprint density at radius 3 is 2.67 bits per heavy atom. The van der Waals surface area contributed by atoms with Crippen LogP contribution in [0.5, 0.6) is 0 Å². The molecule has 0 atom stereocenters. The van der Waals surface area contributed by atoms with Crippen molar-refractivity contribution in [2.24, 2.45) is 0 Å². The second-order valence-corrected chi connectivity index (χ2v) is 10.4. The second kappa shape index (κ2) is 11.8. The lowest BCUT2D eigenvalue weighted by molar-refractivity contribution is 0.0936. The molecule has 3 aromatic heterocycles. The van der Waals surface area contributed by atoms with E-state index in [4.69, 9.17) is 4.52 Å². The zero-order valence-corrected chi connectivity index (χ0v) is 22.6. The van der Waals surface area contributed by atoms with Crippen LogP contribution in [-0.2, 0) is 6.54 Å². The summed E-state index contributed by atoms with van der Waals surface area (Å²) in [7, 11) is 2.13. The van der Waals surface area contributed by atoms with Gasteiger partial charge in [0.2, 0.25) is 5.95 Å². The minimum absolute atomic E-state index is 0.255. The number of rotatable bonds is 11. The Morgan fingerprint density at radius 1 is 1.05 bits per heavy atom. The monoisotopic (exact) mass is 542 g/mol. The van der Waals surface area contributed by atoms with Crippen molar-refractivity contribution in [1.29, 1.82) is 0 Å². The minimum Gasteiger partial charge on any atom is -0.359 e. The van der Waals surface area contributed by atoms with E-state index in [9.17, 15) is 4.79 Å². The first-order chi connectivity index (χ1) is 19.6. The van der Waals surface area contributed by atoms with Crippen molar-refractivity contribution in [3.63, 3.8) is 0 Å². The molecular formula is C28H34N10O2. The Hall–Kier alpha value is -4.29. The summed E-state index contributed by atoms with van der Waals surface area (Å²) in [6.45, 7) is 5.73. The number of carbonyl (C=O) groups is 1. The Morgan fingerprint density at radius 2 is 1.88 bits per heavy atom. The standard InChI is InChI=1S/C28H34N10O2/c1-37-11-13-38(14-12-37)10-9-29-27(39)24-17-25(32-26-16-22(34-35-26)20-7-8-20)33-28(31-24)30-18-21-15-23(36-40-21)19-5-3-2-4-6-19/h2-6,15-17,20H,7-14,18H2,1H3,(H,29,39)(H3,30,31,32,33,34,35). The Bertz CT molecular complexity index is 1420. The van der Waals surface area contributed by atoms with Crippen LogP contribution in [-0.4, -0.2) is 87.3 Å². The molecule has 2 aliphatic rings. The van der Waals surface area contributed by atoms with Crippen molar-refractivity contribution in [2.75, 3.05) is 56.9 Å². The van der Waals surface area contributed by atoms with Crippen LogP contribution in [0.15, 0.2) is 53.1 Å². The van der Waals surface area contributed by atoms with E-state index in [1.165, 1.54) is 12.8 Å². The normalized spacial score (nSPS) is 16.1. The molecular weight excluding hydrogens is 508 g/mol. The van der Waals surface area contributed by atoms with Crippen molar-refractivity contribution >= 4 is 23.5 Å². The van der Waals surface area contributed by atoms with Crippen LogP contribution in [0.3, 0.4) is 0 Å². The predicted molar refractivity (Wildman–Crippen MR) is 151 cm³/mol. The smallest absolute Gasteiger partial charge is 0.270 e. The highest BCUT2D eigenvalue weighted by molar-refractivity contribution is 5.93. The van der Waals surface area contributed by atoms with E-state index >= 15 is 0 Å². The molecule has 6 rings (SSSR count). The maximum absolute atomic E-state index is 13.1. The number of H-pyrrole nitrogens is 1. The molecule has 1 saturated heterocycles. The topological polar surface area (TPSA) is 140 Å². The molecule has 208 valence electrons. The number of nitrogens with one attached hydrogen (secondary N) is 4. The fourth-order valence-corrected chi connectivity index (χ4v) is 4.64. The van der Waals surface area contributed by atoms with E-state index in [0.29, 0.717) is 42.4 Å². The summed E-state index contributed by atoms with van der Waals surface area (Å²) in [6, 6.07) is 15.3. The summed E-state index contributed by atoms with van der Waals surface area (Å²) in [4.78, 5) is 26.8. The highest BCUT2D eigenvalue weighted by Crippen LogP contribution is 2.39. The van der Waals surface area contributed by atoms with Gasteiger partial charge in [-0.25, -0.2) is 4.98 Å². The number of nitrogens with zero attached hydrogens (tertiary/aromatic N) is 6. The number of anilines is 3. The lowest BCUT2D eigenvalue weighted by Crippen LogP contribution is -2.46. The molecule has 2 fully saturated rings. The van der Waals surface area contributed by atoms with E-state index in [-0.39, 0.29) is 11.6 Å². The summed E-state index contributed by atoms with van der Waals surface area (Å²) in [5.74, 6) is 2.34. The number of aromatic amines is 1. The first kappa shape index (κ1) is 26.0. The van der Waals surface area contributed by atoms with Crippen LogP contribution in [0, 0.1) is 0 Å². The zero-order chi connectivity index (χ0) is 27.3. The van der Waals surface area contributed by atoms with E-state index < -0.39 is 0 Å². The van der Waals surface area contributed by atoms with E-state index in [1.807, 2.05) is 42.5 Å². The van der Waals surface area contributed by atoms with Gasteiger partial charge in [-0.2, -0.15) is 10.1 Å². The third-order valence-corrected chi connectivity index (χ3v) is 7.19. The summed E-state index contributed by atoms with van der Waals surface area (Å²) in [5.41, 5.74) is 3.09. The van der Waals surface area contributed by atoms with Crippen molar-refractivity contribution in [2.45, 2.75) is 25.3 Å². The van der Waals surface area contributed by atoms with Gasteiger partial charge in [-0.05, 0) is 19.9 Å². The molecule has 4 N–H and O–H groups in total. The number of benzene rings is 1. The first-order valence-corrected chi connectivity index (χ1v) is 13.7. The van der Waals surface area contributed by atoms with Gasteiger partial charge in [0.15, 0.2) is 11.6 Å². The molecule has 0 radical (unpaired) electrons. The Kier molecular flexibility index (Phi) is 7.69. The molecule has 40 heavy (non-hydrogen) atoms. The molecule has 1 aliphatic carbocycles. The largest absolute Gasteiger partial charge is 0.359 e. The maximum atomic E-state index is 13.1. The average Bonchev–Trinajstić information content (AvgIpc) is 3.53. The third kappa shape index (κ3) is 6.64. The van der Waals surface area contributed by atoms with Crippen molar-refractivity contribution in [1.82, 2.24) is 40.4 Å². The molecule has 0 spiro atoms. The van der Waals surface area contributed by atoms with Crippen LogP contribution < -0.4 is 16.0 Å². The van der Waals surface area contributed by atoms with Gasteiger partial charge in [0.1, 0.15) is 17.2 Å². The van der Waals surface area contributed by atoms with Crippen molar-refractivity contribution < 1.29 is 9.32 Å². The quantitative estimate of drug-likeness (QED) is 0.224. The van der Waals surface area contributed by atoms with Crippen LogP contribution >= 0.6 is 0 Å². The minimum atomic E-state index is -0.255.